The Bertz CT molecular complexity index is 1310. The first kappa shape index (κ1) is 26.0. The minimum absolute atomic E-state index is 0.110. The molecule has 194 valence electrons. The van der Waals surface area contributed by atoms with E-state index in [4.69, 9.17) is 21.1 Å². The first-order chi connectivity index (χ1) is 17.8. The van der Waals surface area contributed by atoms with Crippen molar-refractivity contribution in [3.63, 3.8) is 0 Å². The highest BCUT2D eigenvalue weighted by Crippen LogP contribution is 2.31. The van der Waals surface area contributed by atoms with Crippen LogP contribution in [0.2, 0.25) is 5.02 Å². The maximum absolute atomic E-state index is 12.1. The largest absolute Gasteiger partial charge is 0.495 e. The second-order valence-corrected chi connectivity index (χ2v) is 9.14. The van der Waals surface area contributed by atoms with Gasteiger partial charge in [-0.25, -0.2) is 15.0 Å². The third-order valence-electron chi connectivity index (χ3n) is 5.72. The van der Waals surface area contributed by atoms with Crippen molar-refractivity contribution in [3.8, 4) is 11.5 Å². The second-order valence-electron chi connectivity index (χ2n) is 8.76. The van der Waals surface area contributed by atoms with Crippen molar-refractivity contribution >= 4 is 35.0 Å². The fraction of sp³-hybridized carbons (Fsp3) is 0.308. The van der Waals surface area contributed by atoms with Crippen molar-refractivity contribution in [2.75, 3.05) is 30.9 Å². The summed E-state index contributed by atoms with van der Waals surface area (Å²) in [7, 11) is 3.05. The van der Waals surface area contributed by atoms with Crippen LogP contribution in [0.1, 0.15) is 35.3 Å². The number of ether oxygens (including phenoxy) is 2. The Morgan fingerprint density at radius 1 is 1.19 bits per heavy atom. The van der Waals surface area contributed by atoms with E-state index >= 15 is 0 Å². The smallest absolute Gasteiger partial charge is 0.251 e. The van der Waals surface area contributed by atoms with E-state index < -0.39 is 0 Å². The predicted octanol–water partition coefficient (Wildman–Crippen LogP) is 4.18. The van der Waals surface area contributed by atoms with E-state index in [9.17, 15) is 4.79 Å². The maximum Gasteiger partial charge on any atom is 0.251 e. The van der Waals surface area contributed by atoms with Crippen molar-refractivity contribution in [3.05, 3.63) is 70.4 Å². The highest BCUT2D eigenvalue weighted by atomic mass is 35.5. The summed E-state index contributed by atoms with van der Waals surface area (Å²) < 4.78 is 11.1. The lowest BCUT2D eigenvalue weighted by molar-refractivity contribution is 0.0962. The molecule has 0 fully saturated rings. The molecule has 1 aliphatic heterocycles. The topological polar surface area (TPSA) is 114 Å². The Hall–Kier alpha value is -4.05. The van der Waals surface area contributed by atoms with E-state index in [-0.39, 0.29) is 12.5 Å². The van der Waals surface area contributed by atoms with Gasteiger partial charge in [0, 0.05) is 42.7 Å². The molecule has 2 aromatic heterocycles. The Labute approximate surface area is 221 Å². The van der Waals surface area contributed by atoms with Gasteiger partial charge in [-0.3, -0.25) is 4.79 Å². The summed E-state index contributed by atoms with van der Waals surface area (Å²) in [6, 6.07) is 5.61. The fourth-order valence-corrected chi connectivity index (χ4v) is 4.31. The van der Waals surface area contributed by atoms with Crippen molar-refractivity contribution < 1.29 is 14.3 Å². The summed E-state index contributed by atoms with van der Waals surface area (Å²) >= 11 is 6.40. The highest BCUT2D eigenvalue weighted by molar-refractivity contribution is 6.33. The Morgan fingerprint density at radius 2 is 1.95 bits per heavy atom. The quantitative estimate of drug-likeness (QED) is 0.400. The summed E-state index contributed by atoms with van der Waals surface area (Å²) in [5, 5.41) is 9.55. The SMILES string of the molecule is CNC(=O)c1cc(COc2cnc(Nc3cnc(N4C=C(C)N[C@@H](C)C4)c(C)c3)nc2)c(Cl)c(OC)c1. The number of carbonyl (C=O) groups excluding carboxylic acids is 1. The van der Waals surface area contributed by atoms with Gasteiger partial charge in [-0.2, -0.15) is 0 Å². The van der Waals surface area contributed by atoms with Gasteiger partial charge in [0.05, 0.1) is 36.4 Å². The zero-order valence-electron chi connectivity index (χ0n) is 21.4. The summed E-state index contributed by atoms with van der Waals surface area (Å²) in [5.74, 6) is 1.92. The highest BCUT2D eigenvalue weighted by Gasteiger charge is 2.18. The summed E-state index contributed by atoms with van der Waals surface area (Å²) in [6.45, 7) is 7.18. The van der Waals surface area contributed by atoms with Gasteiger partial charge in [0.15, 0.2) is 5.75 Å². The molecule has 1 atom stereocenters. The van der Waals surface area contributed by atoms with Gasteiger partial charge in [0.2, 0.25) is 5.95 Å². The average molecular weight is 524 g/mol. The number of nitrogens with zero attached hydrogens (tertiary/aromatic N) is 4. The molecule has 1 aliphatic rings. The standard InChI is InChI=1S/C26H30ClN7O3/c1-15-6-20(9-29-24(15)34-12-16(2)32-17(3)13-34)33-26-30-10-21(11-31-26)37-14-19-7-18(25(35)28-4)8-22(36-5)23(19)27/h6-12,17,32H,13-14H2,1-5H3,(H,28,35)(H,30,31,33)/t17-/m0/s1. The van der Waals surface area contributed by atoms with E-state index in [1.807, 2.05) is 19.9 Å². The molecular weight excluding hydrogens is 494 g/mol. The Balaban J connectivity index is 1.41. The van der Waals surface area contributed by atoms with Crippen LogP contribution in [0.3, 0.4) is 0 Å². The second kappa shape index (κ2) is 11.3. The molecule has 3 heterocycles. The summed E-state index contributed by atoms with van der Waals surface area (Å²) in [5.41, 5.74) is 3.95. The third kappa shape index (κ3) is 6.21. The predicted molar refractivity (Wildman–Crippen MR) is 144 cm³/mol. The van der Waals surface area contributed by atoms with E-state index in [1.165, 1.54) is 7.11 Å². The number of carbonyl (C=O) groups is 1. The molecule has 0 aliphatic carbocycles. The van der Waals surface area contributed by atoms with Gasteiger partial charge in [-0.15, -0.1) is 0 Å². The van der Waals surface area contributed by atoms with E-state index in [1.54, 1.807) is 37.8 Å². The van der Waals surface area contributed by atoms with Gasteiger partial charge < -0.3 is 30.3 Å². The number of pyridine rings is 1. The third-order valence-corrected chi connectivity index (χ3v) is 6.15. The molecule has 0 saturated heterocycles. The summed E-state index contributed by atoms with van der Waals surface area (Å²) in [4.78, 5) is 27.6. The van der Waals surface area contributed by atoms with Crippen LogP contribution in [0, 0.1) is 6.92 Å². The number of methoxy groups -OCH3 is 1. The van der Waals surface area contributed by atoms with Crippen molar-refractivity contribution in [2.24, 2.45) is 0 Å². The molecule has 3 N–H and O–H groups in total. The monoisotopic (exact) mass is 523 g/mol. The van der Waals surface area contributed by atoms with Crippen LogP contribution in [0.4, 0.5) is 17.5 Å². The zero-order valence-corrected chi connectivity index (χ0v) is 22.2. The normalized spacial score (nSPS) is 14.9. The summed E-state index contributed by atoms with van der Waals surface area (Å²) in [6.07, 6.45) is 6.96. The number of hydrogen-bond acceptors (Lipinski definition) is 9. The first-order valence-electron chi connectivity index (χ1n) is 11.8. The number of benzene rings is 1. The van der Waals surface area contributed by atoms with Crippen LogP contribution in [-0.4, -0.2) is 47.6 Å². The fourth-order valence-electron chi connectivity index (χ4n) is 4.07. The minimum atomic E-state index is -0.248. The molecule has 37 heavy (non-hydrogen) atoms. The number of halogens is 1. The molecule has 1 amide bonds. The molecule has 0 spiro atoms. The first-order valence-corrected chi connectivity index (χ1v) is 12.1. The van der Waals surface area contributed by atoms with Crippen molar-refractivity contribution in [1.82, 2.24) is 25.6 Å². The number of amides is 1. The number of hydrogen-bond donors (Lipinski definition) is 3. The molecule has 3 aromatic rings. The van der Waals surface area contributed by atoms with Gasteiger partial charge in [0.1, 0.15) is 18.2 Å². The lowest BCUT2D eigenvalue weighted by atomic mass is 10.1. The van der Waals surface area contributed by atoms with Crippen molar-refractivity contribution in [1.29, 1.82) is 0 Å². The van der Waals surface area contributed by atoms with Gasteiger partial charge in [-0.05, 0) is 44.5 Å². The molecule has 1 aromatic carbocycles. The van der Waals surface area contributed by atoms with Gasteiger partial charge in [-0.1, -0.05) is 11.6 Å². The van der Waals surface area contributed by atoms with Gasteiger partial charge in [0.25, 0.3) is 5.91 Å². The minimum Gasteiger partial charge on any atom is -0.495 e. The number of aromatic nitrogens is 3. The Morgan fingerprint density at radius 3 is 2.59 bits per heavy atom. The Kier molecular flexibility index (Phi) is 7.98. The molecule has 0 radical (unpaired) electrons. The lowest BCUT2D eigenvalue weighted by Gasteiger charge is -2.31. The molecule has 0 saturated carbocycles. The number of aryl methyl sites for hydroxylation is 1. The van der Waals surface area contributed by atoms with Crippen molar-refractivity contribution in [2.45, 2.75) is 33.4 Å². The number of rotatable bonds is 8. The molecule has 4 rings (SSSR count). The number of anilines is 3. The lowest BCUT2D eigenvalue weighted by Crippen LogP contribution is -2.41. The van der Waals surface area contributed by atoms with E-state index in [0.29, 0.717) is 39.6 Å². The van der Waals surface area contributed by atoms with E-state index in [0.717, 1.165) is 29.3 Å². The average Bonchev–Trinajstić information content (AvgIpc) is 2.88. The zero-order chi connectivity index (χ0) is 26.5. The molecule has 10 nitrogen and oxygen atoms in total. The van der Waals surface area contributed by atoms with Crippen LogP contribution in [0.15, 0.2) is 48.7 Å². The molecule has 11 heteroatoms. The molecular formula is C26H30ClN7O3. The molecule has 0 unspecified atom stereocenters. The van der Waals surface area contributed by atoms with Crippen LogP contribution in [0.5, 0.6) is 11.5 Å². The van der Waals surface area contributed by atoms with Crippen LogP contribution >= 0.6 is 11.6 Å². The van der Waals surface area contributed by atoms with E-state index in [2.05, 4.69) is 48.9 Å². The number of allylic oxidation sites excluding steroid dienone is 1. The number of nitrogens with one attached hydrogen (secondary N) is 3. The molecule has 0 bridgehead atoms. The van der Waals surface area contributed by atoms with Crippen LogP contribution in [0.25, 0.3) is 0 Å². The maximum atomic E-state index is 12.1. The van der Waals surface area contributed by atoms with Crippen LogP contribution < -0.4 is 30.3 Å². The van der Waals surface area contributed by atoms with Crippen LogP contribution in [-0.2, 0) is 6.61 Å². The van der Waals surface area contributed by atoms with Gasteiger partial charge >= 0.3 is 0 Å².